The average molecular weight is 417 g/mol. The number of allylic oxidation sites excluding steroid dienone is 4. The molecule has 0 aromatic carbocycles. The highest BCUT2D eigenvalue weighted by Gasteiger charge is 2.40. The molecule has 132 valence electrons. The zero-order chi connectivity index (χ0) is 18.1. The Labute approximate surface area is 150 Å². The summed E-state index contributed by atoms with van der Waals surface area (Å²) in [6.45, 7) is 4.24. The number of nitrogens with zero attached hydrogens (tertiary/aromatic N) is 2. The first-order valence-corrected chi connectivity index (χ1v) is 9.74. The summed E-state index contributed by atoms with van der Waals surface area (Å²) in [6.07, 6.45) is 5.77. The second-order valence-corrected chi connectivity index (χ2v) is 8.51. The monoisotopic (exact) mass is 416 g/mol. The minimum atomic E-state index is -3.87. The van der Waals surface area contributed by atoms with Crippen LogP contribution in [0, 0.1) is 12.3 Å². The number of nitrogen functional groups attached to an aromatic ring is 1. The van der Waals surface area contributed by atoms with Crippen LogP contribution in [0.15, 0.2) is 23.3 Å². The lowest BCUT2D eigenvalue weighted by molar-refractivity contribution is 0.165. The van der Waals surface area contributed by atoms with Gasteiger partial charge in [-0.05, 0) is 25.0 Å². The maximum absolute atomic E-state index is 12.0. The molecule has 0 fully saturated rings. The molecular weight excluding hydrogens is 396 g/mol. The molecule has 0 amide bonds. The van der Waals surface area contributed by atoms with E-state index in [9.17, 15) is 8.42 Å². The van der Waals surface area contributed by atoms with Crippen molar-refractivity contribution in [2.45, 2.75) is 25.1 Å². The third-order valence-corrected chi connectivity index (χ3v) is 6.95. The van der Waals surface area contributed by atoms with Gasteiger partial charge in [0.25, 0.3) is 0 Å². The van der Waals surface area contributed by atoms with E-state index in [4.69, 9.17) is 15.6 Å². The predicted molar refractivity (Wildman–Crippen MR) is 97.7 cm³/mol. The van der Waals surface area contributed by atoms with E-state index in [1.807, 2.05) is 13.0 Å². The van der Waals surface area contributed by atoms with Crippen molar-refractivity contribution >= 4 is 37.5 Å². The third-order valence-electron chi connectivity index (χ3n) is 4.09. The van der Waals surface area contributed by atoms with Crippen LogP contribution in [0.25, 0.3) is 5.57 Å². The standard InChI is InChI=1S/C15H21BrN4O3S/c1-9-11(8-19-14(17)20-9)10-6-12(24(18,21)22)13(16)15(2,7-10)4-5-23-3/h6-8,13H,4-5H2,1-3H3,(H2,17,19,20)(H2,18,21,22). The molecule has 1 aromatic rings. The summed E-state index contributed by atoms with van der Waals surface area (Å²) in [7, 11) is -2.26. The van der Waals surface area contributed by atoms with Crippen molar-refractivity contribution in [3.63, 3.8) is 0 Å². The smallest absolute Gasteiger partial charge is 0.235 e. The number of hydrogen-bond acceptors (Lipinski definition) is 6. The topological polar surface area (TPSA) is 121 Å². The van der Waals surface area contributed by atoms with Crippen molar-refractivity contribution in [3.8, 4) is 0 Å². The lowest BCUT2D eigenvalue weighted by Crippen LogP contribution is -2.36. The van der Waals surface area contributed by atoms with E-state index in [2.05, 4.69) is 25.9 Å². The summed E-state index contributed by atoms with van der Waals surface area (Å²) in [5, 5.41) is 5.42. The molecule has 0 spiro atoms. The van der Waals surface area contributed by atoms with Gasteiger partial charge in [0, 0.05) is 30.9 Å². The molecule has 2 rings (SSSR count). The van der Waals surface area contributed by atoms with Gasteiger partial charge in [-0.2, -0.15) is 0 Å². The fourth-order valence-corrected chi connectivity index (χ4v) is 4.82. The van der Waals surface area contributed by atoms with Gasteiger partial charge in [-0.3, -0.25) is 0 Å². The Hall–Kier alpha value is -1.29. The molecule has 0 saturated heterocycles. The zero-order valence-electron chi connectivity index (χ0n) is 13.8. The van der Waals surface area contributed by atoms with Crippen molar-refractivity contribution in [3.05, 3.63) is 34.5 Å². The Morgan fingerprint density at radius 3 is 2.67 bits per heavy atom. The lowest BCUT2D eigenvalue weighted by atomic mass is 9.77. The summed E-state index contributed by atoms with van der Waals surface area (Å²) in [4.78, 5) is 7.83. The first kappa shape index (κ1) is 19.0. The molecular formula is C15H21BrN4O3S. The van der Waals surface area contributed by atoms with Gasteiger partial charge in [-0.1, -0.05) is 28.9 Å². The number of nitrogens with two attached hydrogens (primary N) is 2. The van der Waals surface area contributed by atoms with Crippen LogP contribution in [-0.4, -0.2) is 36.9 Å². The molecule has 1 aromatic heterocycles. The number of hydrogen-bond donors (Lipinski definition) is 2. The highest BCUT2D eigenvalue weighted by Crippen LogP contribution is 2.45. The van der Waals surface area contributed by atoms with E-state index < -0.39 is 20.3 Å². The number of alkyl halides is 1. The van der Waals surface area contributed by atoms with Gasteiger partial charge in [0.05, 0.1) is 15.4 Å². The van der Waals surface area contributed by atoms with Gasteiger partial charge >= 0.3 is 0 Å². The van der Waals surface area contributed by atoms with E-state index in [0.717, 1.165) is 0 Å². The second-order valence-electron chi connectivity index (χ2n) is 6.03. The molecule has 0 radical (unpaired) electrons. The zero-order valence-corrected chi connectivity index (χ0v) is 16.2. The number of methoxy groups -OCH3 is 1. The number of aryl methyl sites for hydroxylation is 1. The molecule has 1 heterocycles. The van der Waals surface area contributed by atoms with Crippen LogP contribution in [0.3, 0.4) is 0 Å². The van der Waals surface area contributed by atoms with Crippen molar-refractivity contribution in [2.75, 3.05) is 19.5 Å². The van der Waals surface area contributed by atoms with Crippen LogP contribution in [0.5, 0.6) is 0 Å². The van der Waals surface area contributed by atoms with Gasteiger partial charge in [0.15, 0.2) is 0 Å². The van der Waals surface area contributed by atoms with E-state index in [0.29, 0.717) is 29.9 Å². The third kappa shape index (κ3) is 3.85. The molecule has 0 saturated carbocycles. The van der Waals surface area contributed by atoms with E-state index in [1.54, 1.807) is 26.3 Å². The fourth-order valence-electron chi connectivity index (χ4n) is 2.69. The first-order valence-electron chi connectivity index (χ1n) is 7.28. The fraction of sp³-hybridized carbons (Fsp3) is 0.467. The van der Waals surface area contributed by atoms with Gasteiger partial charge in [-0.15, -0.1) is 0 Å². The quantitative estimate of drug-likeness (QED) is 0.704. The molecule has 2 atom stereocenters. The molecule has 4 N–H and O–H groups in total. The summed E-state index contributed by atoms with van der Waals surface area (Å²) in [6, 6.07) is 0. The number of rotatable bonds is 5. The molecule has 1 aliphatic carbocycles. The minimum absolute atomic E-state index is 0.120. The molecule has 2 unspecified atom stereocenters. The van der Waals surface area contributed by atoms with Gasteiger partial charge < -0.3 is 10.5 Å². The van der Waals surface area contributed by atoms with Crippen molar-refractivity contribution < 1.29 is 13.2 Å². The van der Waals surface area contributed by atoms with Gasteiger partial charge in [-0.25, -0.2) is 23.5 Å². The van der Waals surface area contributed by atoms with Crippen LogP contribution in [0.4, 0.5) is 5.95 Å². The highest BCUT2D eigenvalue weighted by molar-refractivity contribution is 9.09. The Morgan fingerprint density at radius 2 is 2.12 bits per heavy atom. The molecule has 0 aliphatic heterocycles. The summed E-state index contributed by atoms with van der Waals surface area (Å²) in [5.74, 6) is 0.170. The van der Waals surface area contributed by atoms with E-state index >= 15 is 0 Å². The maximum Gasteiger partial charge on any atom is 0.235 e. The number of halogens is 1. The summed E-state index contributed by atoms with van der Waals surface area (Å²) >= 11 is 3.49. The van der Waals surface area contributed by atoms with Gasteiger partial charge in [0.2, 0.25) is 16.0 Å². The first-order chi connectivity index (χ1) is 11.1. The summed E-state index contributed by atoms with van der Waals surface area (Å²) in [5.41, 5.74) is 7.18. The van der Waals surface area contributed by atoms with E-state index in [1.165, 1.54) is 0 Å². The van der Waals surface area contributed by atoms with Crippen molar-refractivity contribution in [1.29, 1.82) is 0 Å². The Bertz CT molecular complexity index is 807. The highest BCUT2D eigenvalue weighted by atomic mass is 79.9. The molecule has 9 heteroatoms. The normalized spacial score (nSPS) is 24.5. The van der Waals surface area contributed by atoms with Crippen LogP contribution in [0.2, 0.25) is 0 Å². The average Bonchev–Trinajstić information content (AvgIpc) is 2.47. The summed E-state index contributed by atoms with van der Waals surface area (Å²) < 4.78 is 29.3. The van der Waals surface area contributed by atoms with E-state index in [-0.39, 0.29) is 10.9 Å². The molecule has 1 aliphatic rings. The number of primary sulfonamides is 1. The molecule has 24 heavy (non-hydrogen) atoms. The number of anilines is 1. The van der Waals surface area contributed by atoms with Crippen LogP contribution in [-0.2, 0) is 14.8 Å². The molecule has 0 bridgehead atoms. The van der Waals surface area contributed by atoms with Crippen LogP contribution >= 0.6 is 15.9 Å². The number of ether oxygens (including phenoxy) is 1. The predicted octanol–water partition coefficient (Wildman–Crippen LogP) is 1.74. The number of aromatic nitrogens is 2. The lowest BCUT2D eigenvalue weighted by Gasteiger charge is -2.36. The van der Waals surface area contributed by atoms with Crippen LogP contribution < -0.4 is 10.9 Å². The second kappa shape index (κ2) is 6.91. The maximum atomic E-state index is 12.0. The molecule has 7 nitrogen and oxygen atoms in total. The van der Waals surface area contributed by atoms with Gasteiger partial charge in [0.1, 0.15) is 0 Å². The Kier molecular flexibility index (Phi) is 5.48. The Morgan fingerprint density at radius 1 is 1.46 bits per heavy atom. The Balaban J connectivity index is 2.62. The largest absolute Gasteiger partial charge is 0.385 e. The number of sulfonamides is 1. The SMILES string of the molecule is COCCC1(C)C=C(c2cnc(N)nc2C)C=C(S(N)(=O)=O)C1Br. The van der Waals surface area contributed by atoms with Crippen molar-refractivity contribution in [1.82, 2.24) is 9.97 Å². The minimum Gasteiger partial charge on any atom is -0.385 e. The van der Waals surface area contributed by atoms with Crippen molar-refractivity contribution in [2.24, 2.45) is 10.6 Å². The van der Waals surface area contributed by atoms with Crippen LogP contribution in [0.1, 0.15) is 24.6 Å².